The minimum absolute atomic E-state index is 0.322. The maximum Gasteiger partial charge on any atom is 0.243 e. The van der Waals surface area contributed by atoms with E-state index >= 15 is 0 Å². The average molecular weight is 405 g/mol. The molecule has 4 nitrogen and oxygen atoms in total. The molecule has 29 heavy (non-hydrogen) atoms. The maximum absolute atomic E-state index is 12.9. The van der Waals surface area contributed by atoms with Crippen molar-refractivity contribution >= 4 is 10.0 Å². The van der Waals surface area contributed by atoms with Gasteiger partial charge in [-0.2, -0.15) is 4.31 Å². The number of rotatable bonds is 5. The van der Waals surface area contributed by atoms with Crippen LogP contribution in [0, 0.1) is 5.92 Å². The van der Waals surface area contributed by atoms with Gasteiger partial charge in [-0.3, -0.25) is 4.90 Å². The Labute approximate surface area is 172 Å². The van der Waals surface area contributed by atoms with Gasteiger partial charge in [0.05, 0.1) is 4.90 Å². The molecule has 0 aromatic heterocycles. The zero-order valence-electron chi connectivity index (χ0n) is 16.2. The summed E-state index contributed by atoms with van der Waals surface area (Å²) < 4.78 is 27.5. The summed E-state index contributed by atoms with van der Waals surface area (Å²) >= 11 is 0. The molecule has 0 bridgehead atoms. The van der Waals surface area contributed by atoms with Crippen LogP contribution < -0.4 is 0 Å². The molecule has 2 saturated heterocycles. The normalized spacial score (nSPS) is 22.2. The van der Waals surface area contributed by atoms with Crippen molar-refractivity contribution < 1.29 is 8.42 Å². The van der Waals surface area contributed by atoms with Gasteiger partial charge in [-0.05, 0) is 28.8 Å². The van der Waals surface area contributed by atoms with Crippen molar-refractivity contribution in [3.8, 4) is 11.1 Å². The molecular weight excluding hydrogens is 380 g/mol. The Morgan fingerprint density at radius 1 is 0.724 bits per heavy atom. The van der Waals surface area contributed by atoms with Crippen molar-refractivity contribution in [2.75, 3.05) is 19.6 Å². The van der Waals surface area contributed by atoms with E-state index in [-0.39, 0.29) is 0 Å². The molecule has 0 unspecified atom stereocenters. The van der Waals surface area contributed by atoms with Crippen LogP contribution >= 0.6 is 0 Å². The number of nitrogens with zero attached hydrogens (tertiary/aromatic N) is 2. The molecule has 2 atom stereocenters. The zero-order valence-corrected chi connectivity index (χ0v) is 17.0. The molecule has 3 aromatic rings. The van der Waals surface area contributed by atoms with Crippen LogP contribution in [0.2, 0.25) is 0 Å². The van der Waals surface area contributed by atoms with Crippen molar-refractivity contribution in [1.29, 1.82) is 0 Å². The van der Waals surface area contributed by atoms with Gasteiger partial charge < -0.3 is 0 Å². The lowest BCUT2D eigenvalue weighted by Gasteiger charge is -2.43. The quantitative estimate of drug-likeness (QED) is 0.648. The van der Waals surface area contributed by atoms with Crippen molar-refractivity contribution in [2.24, 2.45) is 5.92 Å². The van der Waals surface area contributed by atoms with Crippen LogP contribution in [0.15, 0.2) is 89.8 Å². The van der Waals surface area contributed by atoms with Crippen molar-refractivity contribution in [1.82, 2.24) is 9.21 Å². The van der Waals surface area contributed by atoms with Crippen LogP contribution in [0.25, 0.3) is 11.1 Å². The van der Waals surface area contributed by atoms with E-state index in [0.29, 0.717) is 29.9 Å². The first kappa shape index (κ1) is 18.6. The highest BCUT2D eigenvalue weighted by Crippen LogP contribution is 2.36. The third kappa shape index (κ3) is 3.50. The summed E-state index contributed by atoms with van der Waals surface area (Å²) in [4.78, 5) is 2.80. The van der Waals surface area contributed by atoms with E-state index in [4.69, 9.17) is 0 Å². The van der Waals surface area contributed by atoms with Crippen LogP contribution in [0.1, 0.15) is 5.56 Å². The molecule has 5 heteroatoms. The van der Waals surface area contributed by atoms with Crippen LogP contribution in [-0.2, 0) is 16.6 Å². The molecule has 5 rings (SSSR count). The summed E-state index contributed by atoms with van der Waals surface area (Å²) in [6.07, 6.45) is 0. The summed E-state index contributed by atoms with van der Waals surface area (Å²) in [5.74, 6) is 0.442. The summed E-state index contributed by atoms with van der Waals surface area (Å²) in [5.41, 5.74) is 3.71. The second-order valence-corrected chi connectivity index (χ2v) is 9.89. The van der Waals surface area contributed by atoms with E-state index in [1.807, 2.05) is 12.1 Å². The fraction of sp³-hybridized carbons (Fsp3) is 0.250. The predicted octanol–water partition coefficient (Wildman–Crippen LogP) is 3.86. The molecule has 2 fully saturated rings. The molecule has 0 spiro atoms. The van der Waals surface area contributed by atoms with Gasteiger partial charge in [0.1, 0.15) is 0 Å². The molecule has 0 radical (unpaired) electrons. The molecule has 0 amide bonds. The van der Waals surface area contributed by atoms with E-state index in [1.54, 1.807) is 28.6 Å². The minimum atomic E-state index is -3.39. The van der Waals surface area contributed by atoms with E-state index in [0.717, 1.165) is 13.1 Å². The number of hydrogen-bond donors (Lipinski definition) is 0. The highest BCUT2D eigenvalue weighted by molar-refractivity contribution is 7.89. The largest absolute Gasteiger partial charge is 0.294 e. The minimum Gasteiger partial charge on any atom is -0.294 e. The lowest BCUT2D eigenvalue weighted by atomic mass is 9.91. The van der Waals surface area contributed by atoms with Crippen molar-refractivity contribution in [3.63, 3.8) is 0 Å². The van der Waals surface area contributed by atoms with Gasteiger partial charge >= 0.3 is 0 Å². The van der Waals surface area contributed by atoms with Crippen LogP contribution in [-0.4, -0.2) is 43.3 Å². The number of fused-ring (bicyclic) bond motifs is 1. The second-order valence-electron chi connectivity index (χ2n) is 7.95. The van der Waals surface area contributed by atoms with E-state index < -0.39 is 10.0 Å². The fourth-order valence-electron chi connectivity index (χ4n) is 4.49. The van der Waals surface area contributed by atoms with Crippen LogP contribution in [0.3, 0.4) is 0 Å². The van der Waals surface area contributed by atoms with Crippen LogP contribution in [0.4, 0.5) is 0 Å². The Balaban J connectivity index is 1.24. The molecule has 0 saturated carbocycles. The zero-order chi connectivity index (χ0) is 19.8. The van der Waals surface area contributed by atoms with Crippen LogP contribution in [0.5, 0.6) is 0 Å². The Hall–Kier alpha value is -2.47. The van der Waals surface area contributed by atoms with Crippen molar-refractivity contribution in [2.45, 2.75) is 17.5 Å². The predicted molar refractivity (Wildman–Crippen MR) is 115 cm³/mol. The van der Waals surface area contributed by atoms with Crippen molar-refractivity contribution in [3.05, 3.63) is 90.5 Å². The lowest BCUT2D eigenvalue weighted by molar-refractivity contribution is 0.0435. The number of likely N-dealkylation sites (tertiary alicyclic amines) is 1. The lowest BCUT2D eigenvalue weighted by Crippen LogP contribution is -2.54. The topological polar surface area (TPSA) is 40.6 Å². The Morgan fingerprint density at radius 3 is 2.03 bits per heavy atom. The molecule has 2 aliphatic heterocycles. The number of hydrogen-bond acceptors (Lipinski definition) is 3. The Kier molecular flexibility index (Phi) is 4.74. The van der Waals surface area contributed by atoms with E-state index in [1.165, 1.54) is 16.7 Å². The number of sulfonamides is 1. The smallest absolute Gasteiger partial charge is 0.243 e. The first-order valence-electron chi connectivity index (χ1n) is 10.0. The summed E-state index contributed by atoms with van der Waals surface area (Å²) in [6.45, 7) is 3.05. The highest BCUT2D eigenvalue weighted by Gasteiger charge is 2.48. The number of benzene rings is 3. The molecule has 0 N–H and O–H groups in total. The van der Waals surface area contributed by atoms with Gasteiger partial charge in [0.25, 0.3) is 0 Å². The van der Waals surface area contributed by atoms with Gasteiger partial charge in [-0.1, -0.05) is 72.8 Å². The van der Waals surface area contributed by atoms with Gasteiger partial charge in [-0.25, -0.2) is 8.42 Å². The average Bonchev–Trinajstić information content (AvgIpc) is 3.11. The third-order valence-electron chi connectivity index (χ3n) is 6.14. The van der Waals surface area contributed by atoms with E-state index in [9.17, 15) is 8.42 Å². The van der Waals surface area contributed by atoms with Gasteiger partial charge in [0.15, 0.2) is 0 Å². The fourth-order valence-corrected chi connectivity index (χ4v) is 6.03. The first-order chi connectivity index (χ1) is 14.1. The molecule has 2 heterocycles. The third-order valence-corrected chi connectivity index (χ3v) is 7.98. The van der Waals surface area contributed by atoms with Gasteiger partial charge in [-0.15, -0.1) is 0 Å². The highest BCUT2D eigenvalue weighted by atomic mass is 32.2. The second kappa shape index (κ2) is 7.41. The maximum atomic E-state index is 12.9. The monoisotopic (exact) mass is 404 g/mol. The molecule has 0 aliphatic carbocycles. The summed E-state index contributed by atoms with van der Waals surface area (Å²) in [7, 11) is -3.39. The standard InChI is InChI=1S/C24H24N2O2S/c27-29(28,23-9-5-2-6-10-23)26-17-22-16-25(24(22)18-26)15-19-11-13-21(14-12-19)20-7-3-1-4-8-20/h1-14,22,24H,15-18H2/t22-,24+/m0/s1. The summed E-state index contributed by atoms with van der Waals surface area (Å²) in [6, 6.07) is 28.2. The Bertz CT molecular complexity index is 1080. The molecule has 2 aliphatic rings. The SMILES string of the molecule is O=S(=O)(c1ccccc1)N1C[C@@H]2CN(Cc3ccc(-c4ccccc4)cc3)[C@@H]2C1. The molecule has 148 valence electrons. The first-order valence-corrected chi connectivity index (χ1v) is 11.5. The molecular formula is C24H24N2O2S. The van der Waals surface area contributed by atoms with Gasteiger partial charge in [0, 0.05) is 38.1 Å². The summed E-state index contributed by atoms with van der Waals surface area (Å²) in [5, 5.41) is 0. The van der Waals surface area contributed by atoms with E-state index in [2.05, 4.69) is 53.4 Å². The molecule has 3 aromatic carbocycles. The Morgan fingerprint density at radius 2 is 1.34 bits per heavy atom. The van der Waals surface area contributed by atoms with Gasteiger partial charge in [0.2, 0.25) is 10.0 Å².